The molecule has 0 aliphatic rings. The molecule has 134 valence electrons. The van der Waals surface area contributed by atoms with Crippen molar-refractivity contribution >= 4 is 17.5 Å². The van der Waals surface area contributed by atoms with Crippen molar-refractivity contribution in [2.75, 3.05) is 39.2 Å². The van der Waals surface area contributed by atoms with Crippen LogP contribution >= 0.6 is 0 Å². The quantitative estimate of drug-likeness (QED) is 0.595. The van der Waals surface area contributed by atoms with E-state index in [0.29, 0.717) is 23.7 Å². The van der Waals surface area contributed by atoms with E-state index in [-0.39, 0.29) is 30.9 Å². The standard InChI is InChI=1S/C17H27N3O4/c1-6-20(10-16(21)18-12(2)3)11-17(22)19-13-7-8-14(23-4)15(9-13)24-5/h7-9,12H,6,10-11H2,1-5H3,(H,18,21)(H,19,22)/p+1. The summed E-state index contributed by atoms with van der Waals surface area (Å²) >= 11 is 0. The average Bonchev–Trinajstić information content (AvgIpc) is 2.53. The highest BCUT2D eigenvalue weighted by atomic mass is 16.5. The smallest absolute Gasteiger partial charge is 0.279 e. The van der Waals surface area contributed by atoms with E-state index in [1.165, 1.54) is 0 Å². The molecule has 1 atom stereocenters. The van der Waals surface area contributed by atoms with Crippen molar-refractivity contribution in [2.24, 2.45) is 0 Å². The van der Waals surface area contributed by atoms with Crippen LogP contribution in [0.5, 0.6) is 11.5 Å². The Kier molecular flexibility index (Phi) is 8.05. The fourth-order valence-electron chi connectivity index (χ4n) is 2.26. The number of carbonyl (C=O) groups excluding carboxylic acids is 2. The lowest BCUT2D eigenvalue weighted by Gasteiger charge is -2.18. The van der Waals surface area contributed by atoms with Crippen LogP contribution in [0.3, 0.4) is 0 Å². The highest BCUT2D eigenvalue weighted by Crippen LogP contribution is 2.29. The van der Waals surface area contributed by atoms with Gasteiger partial charge in [0.15, 0.2) is 24.6 Å². The maximum atomic E-state index is 12.2. The number of quaternary nitrogens is 1. The fraction of sp³-hybridized carbons (Fsp3) is 0.529. The molecule has 0 fully saturated rings. The molecule has 1 rings (SSSR count). The number of rotatable bonds is 9. The third-order valence-electron chi connectivity index (χ3n) is 3.44. The highest BCUT2D eigenvalue weighted by molar-refractivity contribution is 5.92. The third kappa shape index (κ3) is 6.45. The Morgan fingerprint density at radius 3 is 2.25 bits per heavy atom. The van der Waals surface area contributed by atoms with Crippen LogP contribution in [0.15, 0.2) is 18.2 Å². The monoisotopic (exact) mass is 338 g/mol. The van der Waals surface area contributed by atoms with E-state index in [9.17, 15) is 9.59 Å². The minimum absolute atomic E-state index is 0.0548. The van der Waals surface area contributed by atoms with Gasteiger partial charge < -0.3 is 25.0 Å². The number of hydrogen-bond donors (Lipinski definition) is 3. The van der Waals surface area contributed by atoms with Gasteiger partial charge in [0.05, 0.1) is 20.8 Å². The van der Waals surface area contributed by atoms with Crippen molar-refractivity contribution in [2.45, 2.75) is 26.8 Å². The van der Waals surface area contributed by atoms with Gasteiger partial charge >= 0.3 is 0 Å². The molecule has 1 unspecified atom stereocenters. The zero-order valence-electron chi connectivity index (χ0n) is 15.1. The van der Waals surface area contributed by atoms with Crippen molar-refractivity contribution in [3.05, 3.63) is 18.2 Å². The lowest BCUT2D eigenvalue weighted by molar-refractivity contribution is -0.881. The van der Waals surface area contributed by atoms with Gasteiger partial charge in [0.2, 0.25) is 0 Å². The molecule has 0 spiro atoms. The second-order valence-electron chi connectivity index (χ2n) is 5.80. The van der Waals surface area contributed by atoms with Crippen molar-refractivity contribution in [1.29, 1.82) is 0 Å². The number of nitrogens with one attached hydrogen (secondary N) is 3. The molecule has 0 aromatic heterocycles. The lowest BCUT2D eigenvalue weighted by Crippen LogP contribution is -3.14. The SMILES string of the molecule is CC[NH+](CC(=O)Nc1ccc(OC)c(OC)c1)CC(=O)NC(C)C. The van der Waals surface area contributed by atoms with Crippen LogP contribution < -0.4 is 25.0 Å². The van der Waals surface area contributed by atoms with Gasteiger partial charge in [-0.05, 0) is 32.9 Å². The van der Waals surface area contributed by atoms with Gasteiger partial charge in [-0.15, -0.1) is 0 Å². The van der Waals surface area contributed by atoms with E-state index in [1.54, 1.807) is 32.4 Å². The zero-order chi connectivity index (χ0) is 18.1. The van der Waals surface area contributed by atoms with Crippen LogP contribution in [-0.4, -0.2) is 51.7 Å². The molecule has 1 aromatic rings. The van der Waals surface area contributed by atoms with E-state index in [1.807, 2.05) is 20.8 Å². The molecule has 0 saturated carbocycles. The van der Waals surface area contributed by atoms with Crippen LogP contribution in [0.2, 0.25) is 0 Å². The Labute approximate surface area is 143 Å². The lowest BCUT2D eigenvalue weighted by atomic mass is 10.2. The van der Waals surface area contributed by atoms with Gasteiger partial charge in [0.25, 0.3) is 11.8 Å². The van der Waals surface area contributed by atoms with Gasteiger partial charge in [0, 0.05) is 17.8 Å². The molecule has 3 N–H and O–H groups in total. The normalized spacial score (nSPS) is 11.8. The van der Waals surface area contributed by atoms with Gasteiger partial charge in [-0.1, -0.05) is 0 Å². The van der Waals surface area contributed by atoms with Crippen molar-refractivity contribution in [1.82, 2.24) is 5.32 Å². The molecule has 0 heterocycles. The Balaban J connectivity index is 2.62. The zero-order valence-corrected chi connectivity index (χ0v) is 15.1. The first-order chi connectivity index (χ1) is 11.4. The van der Waals surface area contributed by atoms with E-state index >= 15 is 0 Å². The number of carbonyl (C=O) groups is 2. The Hall–Kier alpha value is -2.28. The van der Waals surface area contributed by atoms with Gasteiger partial charge in [-0.2, -0.15) is 0 Å². The van der Waals surface area contributed by atoms with Crippen LogP contribution in [0.25, 0.3) is 0 Å². The minimum Gasteiger partial charge on any atom is -0.493 e. The summed E-state index contributed by atoms with van der Waals surface area (Å²) in [7, 11) is 3.10. The van der Waals surface area contributed by atoms with E-state index in [0.717, 1.165) is 4.90 Å². The molecule has 0 aliphatic carbocycles. The van der Waals surface area contributed by atoms with Gasteiger partial charge in [-0.3, -0.25) is 9.59 Å². The number of methoxy groups -OCH3 is 2. The molecule has 0 radical (unpaired) electrons. The minimum atomic E-state index is -0.156. The van der Waals surface area contributed by atoms with Crippen LogP contribution in [0.1, 0.15) is 20.8 Å². The first kappa shape index (κ1) is 19.8. The average molecular weight is 338 g/mol. The number of amides is 2. The van der Waals surface area contributed by atoms with E-state index in [2.05, 4.69) is 10.6 Å². The topological polar surface area (TPSA) is 81.1 Å². The summed E-state index contributed by atoms with van der Waals surface area (Å²) in [5.74, 6) is 0.935. The molecular formula is C17H28N3O4+. The molecule has 0 saturated heterocycles. The number of ether oxygens (including phenoxy) is 2. The van der Waals surface area contributed by atoms with Crippen LogP contribution in [0, 0.1) is 0 Å². The Morgan fingerprint density at radius 2 is 1.71 bits per heavy atom. The van der Waals surface area contributed by atoms with Crippen LogP contribution in [0.4, 0.5) is 5.69 Å². The van der Waals surface area contributed by atoms with E-state index < -0.39 is 0 Å². The molecule has 24 heavy (non-hydrogen) atoms. The highest BCUT2D eigenvalue weighted by Gasteiger charge is 2.17. The molecule has 1 aromatic carbocycles. The summed E-state index contributed by atoms with van der Waals surface area (Å²) in [4.78, 5) is 24.9. The Bertz CT molecular complexity index is 561. The summed E-state index contributed by atoms with van der Waals surface area (Å²) in [6, 6.07) is 5.27. The van der Waals surface area contributed by atoms with Gasteiger partial charge in [0.1, 0.15) is 0 Å². The molecule has 7 heteroatoms. The molecule has 2 amide bonds. The van der Waals surface area contributed by atoms with Crippen molar-refractivity contribution in [3.8, 4) is 11.5 Å². The van der Waals surface area contributed by atoms with Crippen molar-refractivity contribution in [3.63, 3.8) is 0 Å². The molecule has 0 aliphatic heterocycles. The second-order valence-corrected chi connectivity index (χ2v) is 5.80. The predicted molar refractivity (Wildman–Crippen MR) is 92.7 cm³/mol. The summed E-state index contributed by atoms with van der Waals surface area (Å²) in [5.41, 5.74) is 0.625. The molecule has 7 nitrogen and oxygen atoms in total. The maximum Gasteiger partial charge on any atom is 0.279 e. The number of benzene rings is 1. The molecule has 0 bridgehead atoms. The second kappa shape index (κ2) is 9.77. The van der Waals surface area contributed by atoms with Crippen LogP contribution in [-0.2, 0) is 9.59 Å². The summed E-state index contributed by atoms with van der Waals surface area (Å²) < 4.78 is 10.4. The largest absolute Gasteiger partial charge is 0.493 e. The molecular weight excluding hydrogens is 310 g/mol. The van der Waals surface area contributed by atoms with Crippen molar-refractivity contribution < 1.29 is 24.0 Å². The fourth-order valence-corrected chi connectivity index (χ4v) is 2.26. The van der Waals surface area contributed by atoms with E-state index in [4.69, 9.17) is 9.47 Å². The number of hydrogen-bond acceptors (Lipinski definition) is 4. The third-order valence-corrected chi connectivity index (χ3v) is 3.44. The first-order valence-electron chi connectivity index (χ1n) is 8.04. The Morgan fingerprint density at radius 1 is 1.08 bits per heavy atom. The first-order valence-corrected chi connectivity index (χ1v) is 8.04. The summed E-state index contributed by atoms with van der Waals surface area (Å²) in [5, 5.41) is 5.66. The number of anilines is 1. The maximum absolute atomic E-state index is 12.2. The summed E-state index contributed by atoms with van der Waals surface area (Å²) in [6.45, 7) is 6.94. The predicted octanol–water partition coefficient (Wildman–Crippen LogP) is 0.0717. The number of likely N-dealkylation sites (N-methyl/N-ethyl adjacent to an activating group) is 1. The summed E-state index contributed by atoms with van der Waals surface area (Å²) in [6.07, 6.45) is 0. The van der Waals surface area contributed by atoms with Gasteiger partial charge in [-0.25, -0.2) is 0 Å².